The zero-order chi connectivity index (χ0) is 24.3. The molecule has 0 saturated heterocycles. The molecule has 1 heterocycles. The minimum Gasteiger partial charge on any atom is -0.368 e. The standard InChI is InChI=1S/C25H29ClN6O2/c1-17-23(29-14-12-27-18(2)33)31-25(20-8-10-21(26)11-9-20)32-24(17)30-15-13-28-22(34)16-19-6-4-3-5-7-19/h3-11H,12-16H2,1-2H3,(H,27,33)(H,28,34)(H2,29,30,31,32). The maximum Gasteiger partial charge on any atom is 0.224 e. The second kappa shape index (κ2) is 12.6. The van der Waals surface area contributed by atoms with Gasteiger partial charge in [0.15, 0.2) is 5.82 Å². The molecule has 4 N–H and O–H groups in total. The molecule has 0 aliphatic carbocycles. The van der Waals surface area contributed by atoms with Gasteiger partial charge in [-0.15, -0.1) is 0 Å². The van der Waals surface area contributed by atoms with Crippen LogP contribution in [-0.4, -0.2) is 48.0 Å². The summed E-state index contributed by atoms with van der Waals surface area (Å²) in [5.41, 5.74) is 2.65. The third-order valence-corrected chi connectivity index (χ3v) is 5.24. The molecule has 178 valence electrons. The van der Waals surface area contributed by atoms with Crippen molar-refractivity contribution in [1.29, 1.82) is 0 Å². The minimum atomic E-state index is -0.0836. The molecule has 3 rings (SSSR count). The van der Waals surface area contributed by atoms with Gasteiger partial charge in [-0.1, -0.05) is 41.9 Å². The van der Waals surface area contributed by atoms with Gasteiger partial charge in [-0.05, 0) is 36.8 Å². The van der Waals surface area contributed by atoms with E-state index in [1.165, 1.54) is 6.92 Å². The van der Waals surface area contributed by atoms with Crippen molar-refractivity contribution in [2.24, 2.45) is 0 Å². The Morgan fingerprint density at radius 1 is 0.824 bits per heavy atom. The molecule has 0 fully saturated rings. The minimum absolute atomic E-state index is 0.0328. The molecule has 0 radical (unpaired) electrons. The van der Waals surface area contributed by atoms with Gasteiger partial charge < -0.3 is 21.3 Å². The fourth-order valence-electron chi connectivity index (χ4n) is 3.23. The number of carbonyl (C=O) groups is 2. The van der Waals surface area contributed by atoms with E-state index >= 15 is 0 Å². The summed E-state index contributed by atoms with van der Waals surface area (Å²) >= 11 is 6.02. The van der Waals surface area contributed by atoms with Crippen molar-refractivity contribution < 1.29 is 9.59 Å². The van der Waals surface area contributed by atoms with E-state index in [-0.39, 0.29) is 11.8 Å². The SMILES string of the molecule is CC(=O)NCCNc1nc(-c2ccc(Cl)cc2)nc(NCCNC(=O)Cc2ccccc2)c1C. The van der Waals surface area contributed by atoms with Crippen LogP contribution in [0.4, 0.5) is 11.6 Å². The normalized spacial score (nSPS) is 10.4. The predicted octanol–water partition coefficient (Wildman–Crippen LogP) is 3.42. The van der Waals surface area contributed by atoms with Crippen molar-refractivity contribution in [3.63, 3.8) is 0 Å². The lowest BCUT2D eigenvalue weighted by molar-refractivity contribution is -0.120. The van der Waals surface area contributed by atoms with Gasteiger partial charge in [0.2, 0.25) is 11.8 Å². The van der Waals surface area contributed by atoms with Gasteiger partial charge >= 0.3 is 0 Å². The van der Waals surface area contributed by atoms with Crippen LogP contribution in [0.25, 0.3) is 11.4 Å². The van der Waals surface area contributed by atoms with E-state index in [4.69, 9.17) is 11.6 Å². The number of carbonyl (C=O) groups excluding carboxylic acids is 2. The molecule has 8 nitrogen and oxygen atoms in total. The summed E-state index contributed by atoms with van der Waals surface area (Å²) in [7, 11) is 0. The van der Waals surface area contributed by atoms with Gasteiger partial charge in [0.05, 0.1) is 6.42 Å². The second-order valence-corrected chi connectivity index (χ2v) is 8.16. The van der Waals surface area contributed by atoms with E-state index in [0.29, 0.717) is 55.1 Å². The summed E-state index contributed by atoms with van der Waals surface area (Å²) in [6.45, 7) is 5.36. The Morgan fingerprint density at radius 3 is 2.00 bits per heavy atom. The highest BCUT2D eigenvalue weighted by Crippen LogP contribution is 2.26. The lowest BCUT2D eigenvalue weighted by Gasteiger charge is -2.16. The third-order valence-electron chi connectivity index (χ3n) is 4.99. The number of nitrogens with one attached hydrogen (secondary N) is 4. The Kier molecular flexibility index (Phi) is 9.22. The van der Waals surface area contributed by atoms with E-state index in [2.05, 4.69) is 31.2 Å². The topological polar surface area (TPSA) is 108 Å². The van der Waals surface area contributed by atoms with Crippen LogP contribution in [0.1, 0.15) is 18.1 Å². The summed E-state index contributed by atoms with van der Waals surface area (Å²) < 4.78 is 0. The van der Waals surface area contributed by atoms with Crippen LogP contribution in [0, 0.1) is 6.92 Å². The van der Waals surface area contributed by atoms with Crippen molar-refractivity contribution in [3.8, 4) is 11.4 Å². The zero-order valence-electron chi connectivity index (χ0n) is 19.3. The van der Waals surface area contributed by atoms with Crippen LogP contribution >= 0.6 is 11.6 Å². The summed E-state index contributed by atoms with van der Waals surface area (Å²) in [6, 6.07) is 16.9. The van der Waals surface area contributed by atoms with E-state index in [1.54, 1.807) is 12.1 Å². The molecule has 0 unspecified atom stereocenters. The summed E-state index contributed by atoms with van der Waals surface area (Å²) in [5, 5.41) is 12.9. The predicted molar refractivity (Wildman–Crippen MR) is 136 cm³/mol. The lowest BCUT2D eigenvalue weighted by Crippen LogP contribution is -2.30. The molecule has 0 aliphatic heterocycles. The van der Waals surface area contributed by atoms with Gasteiger partial charge in [0.1, 0.15) is 11.6 Å². The molecule has 0 atom stereocenters. The number of hydrogen-bond donors (Lipinski definition) is 4. The van der Waals surface area contributed by atoms with Crippen molar-refractivity contribution in [2.45, 2.75) is 20.3 Å². The highest BCUT2D eigenvalue weighted by atomic mass is 35.5. The average Bonchev–Trinajstić information content (AvgIpc) is 2.82. The number of aromatic nitrogens is 2. The van der Waals surface area contributed by atoms with Gasteiger partial charge in [0, 0.05) is 49.3 Å². The van der Waals surface area contributed by atoms with E-state index in [1.807, 2.05) is 49.4 Å². The Bertz CT molecular complexity index is 1110. The summed E-state index contributed by atoms with van der Waals surface area (Å²) in [6.07, 6.45) is 0.344. The third kappa shape index (κ3) is 7.74. The molecular formula is C25H29ClN6O2. The van der Waals surface area contributed by atoms with Gasteiger partial charge in [-0.2, -0.15) is 0 Å². The summed E-state index contributed by atoms with van der Waals surface area (Å²) in [5.74, 6) is 1.76. The molecule has 0 spiro atoms. The van der Waals surface area contributed by atoms with Gasteiger partial charge in [-0.25, -0.2) is 9.97 Å². The fraction of sp³-hybridized carbons (Fsp3) is 0.280. The van der Waals surface area contributed by atoms with E-state index in [9.17, 15) is 9.59 Å². The molecule has 2 amide bonds. The number of halogens is 1. The summed E-state index contributed by atoms with van der Waals surface area (Å²) in [4.78, 5) is 32.7. The smallest absolute Gasteiger partial charge is 0.224 e. The van der Waals surface area contributed by atoms with Crippen LogP contribution < -0.4 is 21.3 Å². The molecule has 9 heteroatoms. The Hall–Kier alpha value is -3.65. The lowest BCUT2D eigenvalue weighted by atomic mass is 10.1. The fourth-order valence-corrected chi connectivity index (χ4v) is 3.36. The Labute approximate surface area is 204 Å². The van der Waals surface area contributed by atoms with Crippen LogP contribution in [0.15, 0.2) is 54.6 Å². The van der Waals surface area contributed by atoms with Crippen LogP contribution in [-0.2, 0) is 16.0 Å². The van der Waals surface area contributed by atoms with Crippen LogP contribution in [0.2, 0.25) is 5.02 Å². The number of hydrogen-bond acceptors (Lipinski definition) is 6. The number of anilines is 2. The first-order chi connectivity index (χ1) is 16.4. The molecule has 2 aromatic carbocycles. The first-order valence-corrected chi connectivity index (χ1v) is 11.5. The van der Waals surface area contributed by atoms with Crippen LogP contribution in [0.3, 0.4) is 0 Å². The second-order valence-electron chi connectivity index (χ2n) is 7.73. The van der Waals surface area contributed by atoms with Gasteiger partial charge in [-0.3, -0.25) is 9.59 Å². The molecule has 34 heavy (non-hydrogen) atoms. The number of nitrogens with zero attached hydrogens (tertiary/aromatic N) is 2. The highest BCUT2D eigenvalue weighted by molar-refractivity contribution is 6.30. The number of rotatable bonds is 11. The maximum atomic E-state index is 12.2. The first-order valence-electron chi connectivity index (χ1n) is 11.1. The molecule has 0 bridgehead atoms. The molecule has 3 aromatic rings. The number of amides is 2. The van der Waals surface area contributed by atoms with Crippen molar-refractivity contribution >= 4 is 35.1 Å². The largest absolute Gasteiger partial charge is 0.368 e. The van der Waals surface area contributed by atoms with Crippen LogP contribution in [0.5, 0.6) is 0 Å². The first kappa shape index (κ1) is 25.0. The maximum absolute atomic E-state index is 12.2. The highest BCUT2D eigenvalue weighted by Gasteiger charge is 2.13. The van der Waals surface area contributed by atoms with Crippen molar-refractivity contribution in [1.82, 2.24) is 20.6 Å². The van der Waals surface area contributed by atoms with Crippen molar-refractivity contribution in [2.75, 3.05) is 36.8 Å². The van der Waals surface area contributed by atoms with E-state index in [0.717, 1.165) is 16.7 Å². The average molecular weight is 481 g/mol. The molecule has 0 saturated carbocycles. The molecule has 0 aliphatic rings. The molecular weight excluding hydrogens is 452 g/mol. The molecule has 1 aromatic heterocycles. The monoisotopic (exact) mass is 480 g/mol. The van der Waals surface area contributed by atoms with Gasteiger partial charge in [0.25, 0.3) is 0 Å². The zero-order valence-corrected chi connectivity index (χ0v) is 20.1. The quantitative estimate of drug-likeness (QED) is 0.313. The Balaban J connectivity index is 1.65. The van der Waals surface area contributed by atoms with E-state index < -0.39 is 0 Å². The number of benzene rings is 2. The van der Waals surface area contributed by atoms with Crippen molar-refractivity contribution in [3.05, 3.63) is 70.7 Å². The Morgan fingerprint density at radius 2 is 1.41 bits per heavy atom.